The second kappa shape index (κ2) is 13.0. The van der Waals surface area contributed by atoms with Gasteiger partial charge >= 0.3 is 12.1 Å². The largest absolute Gasteiger partial charge is 0.481 e. The van der Waals surface area contributed by atoms with Crippen molar-refractivity contribution in [3.63, 3.8) is 0 Å². The summed E-state index contributed by atoms with van der Waals surface area (Å²) in [7, 11) is 0. The normalized spacial score (nSPS) is 18.0. The van der Waals surface area contributed by atoms with E-state index < -0.39 is 53.3 Å². The van der Waals surface area contributed by atoms with Crippen molar-refractivity contribution < 1.29 is 29.0 Å². The van der Waals surface area contributed by atoms with E-state index >= 15 is 0 Å². The molecule has 0 spiro atoms. The van der Waals surface area contributed by atoms with Gasteiger partial charge in [0.25, 0.3) is 0 Å². The lowest BCUT2D eigenvalue weighted by Gasteiger charge is -2.22. The summed E-state index contributed by atoms with van der Waals surface area (Å²) >= 11 is 0. The van der Waals surface area contributed by atoms with Crippen LogP contribution in [-0.4, -0.2) is 71.5 Å². The number of aliphatic carboxylic acids is 1. The molecule has 13 nitrogen and oxygen atoms in total. The molecule has 0 saturated carbocycles. The number of Topliss-reactive ketones (excluding diaryl/α,β-unsaturated/α-hetero) is 1. The Morgan fingerprint density at radius 3 is 2.00 bits per heavy atom. The lowest BCUT2D eigenvalue weighted by molar-refractivity contribution is -0.142. The second-order valence-corrected chi connectivity index (χ2v) is 11.0. The first-order valence-electron chi connectivity index (χ1n) is 12.8. The summed E-state index contributed by atoms with van der Waals surface area (Å²) in [6.07, 6.45) is 1.75. The first-order valence-corrected chi connectivity index (χ1v) is 12.8. The number of carbonyl (C=O) groups is 4. The summed E-state index contributed by atoms with van der Waals surface area (Å²) in [5, 5.41) is 33.7. The van der Waals surface area contributed by atoms with Gasteiger partial charge in [0.2, 0.25) is 5.91 Å². The van der Waals surface area contributed by atoms with E-state index in [4.69, 9.17) is 4.74 Å². The van der Waals surface area contributed by atoms with Crippen LogP contribution in [0.3, 0.4) is 0 Å². The van der Waals surface area contributed by atoms with Crippen molar-refractivity contribution in [1.29, 1.82) is 0 Å². The summed E-state index contributed by atoms with van der Waals surface area (Å²) in [5.74, 6) is -2.82. The van der Waals surface area contributed by atoms with Crippen molar-refractivity contribution in [3.05, 3.63) is 0 Å². The summed E-state index contributed by atoms with van der Waals surface area (Å²) in [5.41, 5.74) is -1.47. The number of rotatable bonds is 18. The van der Waals surface area contributed by atoms with E-state index in [1.807, 2.05) is 13.8 Å². The Morgan fingerprint density at radius 2 is 1.46 bits per heavy atom. The van der Waals surface area contributed by atoms with Gasteiger partial charge in [-0.25, -0.2) is 4.79 Å². The molecule has 4 N–H and O–H groups in total. The highest BCUT2D eigenvalue weighted by Crippen LogP contribution is 2.30. The molecule has 2 atom stereocenters. The van der Waals surface area contributed by atoms with Gasteiger partial charge in [-0.05, 0) is 53.9 Å². The Hall–Kier alpha value is -2.96. The topological polar surface area (TPSA) is 183 Å². The SMILES string of the molecule is CC1(CCNC(=O)[C@H](CC(=O)O)CC(=O)[C@H](CCCCNC(=O)OC(C)(C)C)NCCC2(C)N=N2)N=N1. The number of hydrogen-bond donors (Lipinski definition) is 4. The third-order valence-corrected chi connectivity index (χ3v) is 5.99. The third-order valence-electron chi connectivity index (χ3n) is 5.99. The monoisotopic (exact) mass is 523 g/mol. The second-order valence-electron chi connectivity index (χ2n) is 11.0. The van der Waals surface area contributed by atoms with Crippen molar-refractivity contribution in [2.24, 2.45) is 26.4 Å². The lowest BCUT2D eigenvalue weighted by Crippen LogP contribution is -2.42. The van der Waals surface area contributed by atoms with Crippen LogP contribution in [0.1, 0.15) is 79.6 Å². The third kappa shape index (κ3) is 12.7. The summed E-state index contributed by atoms with van der Waals surface area (Å²) in [6, 6.07) is -0.559. The molecule has 0 saturated heterocycles. The predicted molar refractivity (Wildman–Crippen MR) is 134 cm³/mol. The molecule has 0 aromatic heterocycles. The van der Waals surface area contributed by atoms with Gasteiger partial charge in [-0.1, -0.05) is 0 Å². The summed E-state index contributed by atoms with van der Waals surface area (Å²) in [4.78, 5) is 49.0. The van der Waals surface area contributed by atoms with Crippen molar-refractivity contribution in [3.8, 4) is 0 Å². The minimum absolute atomic E-state index is 0.190. The minimum Gasteiger partial charge on any atom is -0.481 e. The Morgan fingerprint density at radius 1 is 0.865 bits per heavy atom. The number of nitrogens with one attached hydrogen (secondary N) is 3. The molecule has 0 aromatic rings. The highest BCUT2D eigenvalue weighted by Gasteiger charge is 2.35. The van der Waals surface area contributed by atoms with Crippen LogP contribution in [0.5, 0.6) is 0 Å². The molecular formula is C24H41N7O6. The molecule has 208 valence electrons. The van der Waals surface area contributed by atoms with Crippen LogP contribution in [-0.2, 0) is 19.1 Å². The highest BCUT2D eigenvalue weighted by molar-refractivity contribution is 5.91. The van der Waals surface area contributed by atoms with Gasteiger partial charge in [0, 0.05) is 38.9 Å². The van der Waals surface area contributed by atoms with Gasteiger partial charge in [0.05, 0.1) is 18.4 Å². The lowest BCUT2D eigenvalue weighted by atomic mass is 9.92. The molecule has 13 heteroatoms. The van der Waals surface area contributed by atoms with Crippen molar-refractivity contribution in [1.82, 2.24) is 16.0 Å². The van der Waals surface area contributed by atoms with E-state index in [-0.39, 0.29) is 12.2 Å². The van der Waals surface area contributed by atoms with Crippen LogP contribution in [0, 0.1) is 5.92 Å². The number of carboxylic acid groups (broad SMARTS) is 1. The van der Waals surface area contributed by atoms with Gasteiger partial charge in [0.15, 0.2) is 17.1 Å². The molecule has 0 fully saturated rings. The minimum atomic E-state index is -1.14. The maximum absolute atomic E-state index is 13.2. The van der Waals surface area contributed by atoms with Crippen LogP contribution in [0.2, 0.25) is 0 Å². The highest BCUT2D eigenvalue weighted by atomic mass is 16.6. The van der Waals surface area contributed by atoms with Crippen LogP contribution in [0.15, 0.2) is 20.5 Å². The van der Waals surface area contributed by atoms with E-state index in [0.29, 0.717) is 51.7 Å². The number of hydrogen-bond acceptors (Lipinski definition) is 10. The van der Waals surface area contributed by atoms with Gasteiger partial charge in [-0.15, -0.1) is 0 Å². The van der Waals surface area contributed by atoms with Gasteiger partial charge < -0.3 is 25.8 Å². The van der Waals surface area contributed by atoms with E-state index in [2.05, 4.69) is 36.4 Å². The first kappa shape index (κ1) is 30.3. The number of ether oxygens (including phenoxy) is 1. The van der Waals surface area contributed by atoms with Crippen LogP contribution < -0.4 is 16.0 Å². The first-order chi connectivity index (χ1) is 17.2. The zero-order valence-electron chi connectivity index (χ0n) is 22.5. The van der Waals surface area contributed by atoms with E-state index in [1.165, 1.54) is 0 Å². The molecule has 0 radical (unpaired) electrons. The fraction of sp³-hybridized carbons (Fsp3) is 0.833. The predicted octanol–water partition coefficient (Wildman–Crippen LogP) is 2.95. The molecule has 0 unspecified atom stereocenters. The Balaban J connectivity index is 1.86. The fourth-order valence-corrected chi connectivity index (χ4v) is 3.63. The van der Waals surface area contributed by atoms with Gasteiger partial charge in [-0.2, -0.15) is 20.5 Å². The van der Waals surface area contributed by atoms with Crippen molar-refractivity contribution >= 4 is 23.8 Å². The van der Waals surface area contributed by atoms with Crippen molar-refractivity contribution in [2.75, 3.05) is 19.6 Å². The molecule has 2 aliphatic rings. The molecule has 0 bridgehead atoms. The Bertz CT molecular complexity index is 887. The standard InChI is InChI=1S/C24H41N7O6/c1-22(2,3)37-21(36)27-11-7-6-8-17(25-12-9-23(4)28-29-23)18(32)14-16(15-19(33)34)20(35)26-13-10-24(5)30-31-24/h16-17,25H,6-15H2,1-5H3,(H,26,35)(H,27,36)(H,33,34)/t16-,17-/m0/s1. The van der Waals surface area contributed by atoms with Crippen LogP contribution in [0.4, 0.5) is 4.79 Å². The number of amides is 2. The van der Waals surface area contributed by atoms with Gasteiger partial charge in [-0.3, -0.25) is 14.4 Å². The quantitative estimate of drug-likeness (QED) is 0.199. The molecule has 2 aliphatic heterocycles. The fourth-order valence-electron chi connectivity index (χ4n) is 3.63. The maximum atomic E-state index is 13.2. The molecule has 2 heterocycles. The zero-order chi connectivity index (χ0) is 27.7. The molecule has 37 heavy (non-hydrogen) atoms. The average molecular weight is 524 g/mol. The van der Waals surface area contributed by atoms with Crippen LogP contribution >= 0.6 is 0 Å². The molecular weight excluding hydrogens is 482 g/mol. The molecule has 2 amide bonds. The maximum Gasteiger partial charge on any atom is 0.407 e. The number of unbranched alkanes of at least 4 members (excludes halogenated alkanes) is 1. The number of nitrogens with zero attached hydrogens (tertiary/aromatic N) is 4. The van der Waals surface area contributed by atoms with E-state index in [1.54, 1.807) is 20.8 Å². The average Bonchev–Trinajstić information content (AvgIpc) is 3.69. The van der Waals surface area contributed by atoms with Crippen molar-refractivity contribution in [2.45, 2.75) is 103 Å². The van der Waals surface area contributed by atoms with Gasteiger partial charge in [0.1, 0.15) is 5.60 Å². The summed E-state index contributed by atoms with van der Waals surface area (Å²) in [6.45, 7) is 10.3. The Labute approximate surface area is 217 Å². The summed E-state index contributed by atoms with van der Waals surface area (Å²) < 4.78 is 5.21. The van der Waals surface area contributed by atoms with E-state index in [0.717, 1.165) is 0 Å². The number of ketones is 1. The Kier molecular flexibility index (Phi) is 10.6. The van der Waals surface area contributed by atoms with E-state index in [9.17, 15) is 24.3 Å². The molecule has 0 aliphatic carbocycles. The molecule has 0 aromatic carbocycles. The zero-order valence-corrected chi connectivity index (χ0v) is 22.5. The number of carboxylic acids is 1. The molecule has 2 rings (SSSR count). The number of carbonyl (C=O) groups excluding carboxylic acids is 3. The smallest absolute Gasteiger partial charge is 0.407 e. The van der Waals surface area contributed by atoms with Crippen LogP contribution in [0.25, 0.3) is 0 Å². The number of alkyl carbamates (subject to hydrolysis) is 1.